The maximum atomic E-state index is 13.1. The minimum atomic E-state index is -0.365. The van der Waals surface area contributed by atoms with Gasteiger partial charge in [-0.25, -0.2) is 0 Å². The predicted octanol–water partition coefficient (Wildman–Crippen LogP) is 2.33. The van der Waals surface area contributed by atoms with Crippen LogP contribution in [0.1, 0.15) is 31.5 Å². The quantitative estimate of drug-likeness (QED) is 0.289. The van der Waals surface area contributed by atoms with Crippen LogP contribution in [0.4, 0.5) is 11.4 Å². The molecule has 4 aromatic rings. The van der Waals surface area contributed by atoms with Crippen LogP contribution >= 0.6 is 0 Å². The molecule has 0 saturated carbocycles. The van der Waals surface area contributed by atoms with Crippen molar-refractivity contribution in [3.05, 3.63) is 78.4 Å². The summed E-state index contributed by atoms with van der Waals surface area (Å²) in [6.07, 6.45) is 8.68. The normalized spacial score (nSPS) is 13.6. The van der Waals surface area contributed by atoms with E-state index in [9.17, 15) is 14.4 Å². The van der Waals surface area contributed by atoms with Crippen LogP contribution in [0.3, 0.4) is 0 Å². The molecule has 12 nitrogen and oxygen atoms in total. The fourth-order valence-corrected chi connectivity index (χ4v) is 4.83. The maximum absolute atomic E-state index is 13.1. The fraction of sp³-hybridized carbons (Fsp3) is 0.310. The van der Waals surface area contributed by atoms with Crippen molar-refractivity contribution >= 4 is 29.1 Å². The molecule has 4 aromatic heterocycles. The van der Waals surface area contributed by atoms with Crippen molar-refractivity contribution < 1.29 is 19.1 Å². The highest BCUT2D eigenvalue weighted by molar-refractivity contribution is 6.07. The lowest BCUT2D eigenvalue weighted by Gasteiger charge is -2.26. The molecule has 1 saturated heterocycles. The molecule has 0 aliphatic carbocycles. The van der Waals surface area contributed by atoms with Crippen LogP contribution in [-0.4, -0.2) is 80.7 Å². The Kier molecular flexibility index (Phi) is 8.31. The van der Waals surface area contributed by atoms with Gasteiger partial charge in [0.25, 0.3) is 17.7 Å². The zero-order valence-corrected chi connectivity index (χ0v) is 23.4. The van der Waals surface area contributed by atoms with Gasteiger partial charge in [0.05, 0.1) is 24.6 Å². The van der Waals surface area contributed by atoms with Crippen molar-refractivity contribution in [2.24, 2.45) is 21.1 Å². The third-order valence-electron chi connectivity index (χ3n) is 7.04. The SMILES string of the molecule is Cn1cc(NC(=O)c2cc(NC(=O)c3cc(-c4cccnc4)cn3C)cn2C)cc1C(=O)NCCN1CCOCC1. The zero-order chi connectivity index (χ0) is 28.9. The van der Waals surface area contributed by atoms with Gasteiger partial charge in [0.2, 0.25) is 0 Å². The topological polar surface area (TPSA) is 127 Å². The molecule has 1 fully saturated rings. The standard InChI is InChI=1S/C29H34N8O4/c1-34-17-21(20-5-4-6-30-16-20)13-24(34)28(39)32-23-15-26(36(3)19-23)29(40)33-22-14-25(35(2)18-22)27(38)31-7-8-37-9-11-41-12-10-37/h4-6,13-19H,7-12H2,1-3H3,(H,31,38)(H,32,39)(H,33,40). The van der Waals surface area contributed by atoms with Crippen LogP contribution in [-0.2, 0) is 25.9 Å². The van der Waals surface area contributed by atoms with Crippen molar-refractivity contribution in [3.8, 4) is 11.1 Å². The molecule has 12 heteroatoms. The summed E-state index contributed by atoms with van der Waals surface area (Å²) in [5.41, 5.74) is 4.04. The van der Waals surface area contributed by atoms with Crippen molar-refractivity contribution in [1.82, 2.24) is 28.9 Å². The first-order valence-electron chi connectivity index (χ1n) is 13.4. The number of carbonyl (C=O) groups excluding carboxylic acids is 3. The second kappa shape index (κ2) is 12.2. The summed E-state index contributed by atoms with van der Waals surface area (Å²) in [4.78, 5) is 45.2. The number of rotatable bonds is 9. The van der Waals surface area contributed by atoms with Crippen LogP contribution in [0.5, 0.6) is 0 Å². The summed E-state index contributed by atoms with van der Waals surface area (Å²) in [6.45, 7) is 4.43. The molecule has 5 heterocycles. The van der Waals surface area contributed by atoms with Crippen molar-refractivity contribution in [2.45, 2.75) is 0 Å². The van der Waals surface area contributed by atoms with Gasteiger partial charge >= 0.3 is 0 Å². The molecule has 3 N–H and O–H groups in total. The van der Waals surface area contributed by atoms with E-state index in [-0.39, 0.29) is 17.7 Å². The summed E-state index contributed by atoms with van der Waals surface area (Å²) >= 11 is 0. The van der Waals surface area contributed by atoms with E-state index in [2.05, 4.69) is 25.8 Å². The second-order valence-electron chi connectivity index (χ2n) is 10.0. The highest BCUT2D eigenvalue weighted by atomic mass is 16.5. The molecule has 0 unspecified atom stereocenters. The average Bonchev–Trinajstić information content (AvgIpc) is 3.65. The van der Waals surface area contributed by atoms with Crippen LogP contribution in [0, 0.1) is 0 Å². The van der Waals surface area contributed by atoms with Crippen LogP contribution in [0.2, 0.25) is 0 Å². The molecule has 0 atom stereocenters. The number of hydrogen-bond acceptors (Lipinski definition) is 6. The van der Waals surface area contributed by atoms with Crippen LogP contribution in [0.15, 0.2) is 61.3 Å². The molecule has 1 aliphatic heterocycles. The highest BCUT2D eigenvalue weighted by Gasteiger charge is 2.19. The van der Waals surface area contributed by atoms with Gasteiger partial charge < -0.3 is 34.4 Å². The number of nitrogens with one attached hydrogen (secondary N) is 3. The summed E-state index contributed by atoms with van der Waals surface area (Å²) in [7, 11) is 5.29. The van der Waals surface area contributed by atoms with Crippen LogP contribution in [0.25, 0.3) is 11.1 Å². The van der Waals surface area contributed by atoms with E-state index in [0.717, 1.165) is 30.8 Å². The number of carbonyl (C=O) groups is 3. The number of pyridine rings is 1. The van der Waals surface area contributed by atoms with E-state index >= 15 is 0 Å². The molecule has 0 spiro atoms. The second-order valence-corrected chi connectivity index (χ2v) is 10.0. The number of hydrogen-bond donors (Lipinski definition) is 3. The molecule has 5 rings (SSSR count). The zero-order valence-electron chi connectivity index (χ0n) is 23.4. The molecule has 1 aliphatic rings. The Morgan fingerprint density at radius 2 is 1.39 bits per heavy atom. The van der Waals surface area contributed by atoms with E-state index in [1.807, 2.05) is 18.3 Å². The smallest absolute Gasteiger partial charge is 0.272 e. The van der Waals surface area contributed by atoms with Gasteiger partial charge in [-0.1, -0.05) is 6.07 Å². The lowest BCUT2D eigenvalue weighted by molar-refractivity contribution is 0.0383. The van der Waals surface area contributed by atoms with Gasteiger partial charge in [0.15, 0.2) is 0 Å². The predicted molar refractivity (Wildman–Crippen MR) is 155 cm³/mol. The van der Waals surface area contributed by atoms with E-state index in [1.54, 1.807) is 77.8 Å². The van der Waals surface area contributed by atoms with E-state index in [1.165, 1.54) is 0 Å². The van der Waals surface area contributed by atoms with E-state index in [0.29, 0.717) is 48.2 Å². The lowest BCUT2D eigenvalue weighted by atomic mass is 10.1. The van der Waals surface area contributed by atoms with Crippen molar-refractivity contribution in [3.63, 3.8) is 0 Å². The molecular weight excluding hydrogens is 524 g/mol. The van der Waals surface area contributed by atoms with Crippen LogP contribution < -0.4 is 16.0 Å². The summed E-state index contributed by atoms with van der Waals surface area (Å²) < 4.78 is 10.4. The summed E-state index contributed by atoms with van der Waals surface area (Å²) in [5.74, 6) is -0.874. The number of amides is 3. The number of ether oxygens (including phenoxy) is 1. The Labute approximate surface area is 237 Å². The van der Waals surface area contributed by atoms with Gasteiger partial charge in [0.1, 0.15) is 17.1 Å². The number of morpholine rings is 1. The number of anilines is 2. The third-order valence-corrected chi connectivity index (χ3v) is 7.04. The Balaban J connectivity index is 1.19. The van der Waals surface area contributed by atoms with Gasteiger partial charge in [0, 0.05) is 89.4 Å². The Morgan fingerprint density at radius 1 is 0.805 bits per heavy atom. The maximum Gasteiger partial charge on any atom is 0.272 e. The van der Waals surface area contributed by atoms with E-state index in [4.69, 9.17) is 4.74 Å². The first-order chi connectivity index (χ1) is 19.8. The molecule has 0 radical (unpaired) electrons. The largest absolute Gasteiger partial charge is 0.379 e. The minimum absolute atomic E-state index is 0.211. The van der Waals surface area contributed by atoms with Gasteiger partial charge in [-0.2, -0.15) is 0 Å². The molecule has 0 aromatic carbocycles. The number of aromatic nitrogens is 4. The Hall–Kier alpha value is -4.68. The molecule has 3 amide bonds. The molecule has 214 valence electrons. The van der Waals surface area contributed by atoms with Gasteiger partial charge in [-0.3, -0.25) is 24.3 Å². The number of aryl methyl sites for hydroxylation is 3. The number of nitrogens with zero attached hydrogens (tertiary/aromatic N) is 5. The molecular formula is C29H34N8O4. The summed E-state index contributed by atoms with van der Waals surface area (Å²) in [6, 6.07) is 8.83. The first kappa shape index (κ1) is 27.9. The fourth-order valence-electron chi connectivity index (χ4n) is 4.83. The summed E-state index contributed by atoms with van der Waals surface area (Å²) in [5, 5.41) is 8.66. The average molecular weight is 559 g/mol. The molecule has 41 heavy (non-hydrogen) atoms. The lowest BCUT2D eigenvalue weighted by Crippen LogP contribution is -2.41. The van der Waals surface area contributed by atoms with Gasteiger partial charge in [-0.05, 0) is 24.3 Å². The monoisotopic (exact) mass is 558 g/mol. The Morgan fingerprint density at radius 3 is 2.00 bits per heavy atom. The Bertz CT molecular complexity index is 1550. The highest BCUT2D eigenvalue weighted by Crippen LogP contribution is 2.22. The molecule has 0 bridgehead atoms. The minimum Gasteiger partial charge on any atom is -0.379 e. The van der Waals surface area contributed by atoms with Crippen molar-refractivity contribution in [2.75, 3.05) is 50.0 Å². The van der Waals surface area contributed by atoms with E-state index < -0.39 is 0 Å². The third kappa shape index (κ3) is 6.56. The van der Waals surface area contributed by atoms with Gasteiger partial charge in [-0.15, -0.1) is 0 Å². The van der Waals surface area contributed by atoms with Crippen molar-refractivity contribution in [1.29, 1.82) is 0 Å². The first-order valence-corrected chi connectivity index (χ1v) is 13.4.